The molecule has 2 saturated carbocycles. The van der Waals surface area contributed by atoms with Gasteiger partial charge in [-0.2, -0.15) is 0 Å². The number of fused-ring (bicyclic) bond motifs is 3. The fraction of sp³-hybridized carbons (Fsp3) is 0.256. The van der Waals surface area contributed by atoms with E-state index in [2.05, 4.69) is 62.8 Å². The molecule has 11 rings (SSSR count). The van der Waals surface area contributed by atoms with Crippen molar-refractivity contribution in [3.8, 4) is 22.8 Å². The lowest BCUT2D eigenvalue weighted by molar-refractivity contribution is -0.0391. The van der Waals surface area contributed by atoms with Crippen molar-refractivity contribution in [1.82, 2.24) is 30.2 Å². The van der Waals surface area contributed by atoms with E-state index in [1.807, 2.05) is 0 Å². The van der Waals surface area contributed by atoms with Crippen molar-refractivity contribution in [2.75, 3.05) is 11.1 Å². The number of halogens is 4. The number of aryl methyl sites for hydroxylation is 2. The molecule has 61 heavy (non-hydrogen) atoms. The molecule has 8 aromatic rings. The number of H-pyrrole nitrogens is 4. The maximum atomic E-state index is 15.2. The highest BCUT2D eigenvalue weighted by molar-refractivity contribution is 5.97. The predicted molar refractivity (Wildman–Crippen MR) is 217 cm³/mol. The second-order valence-corrected chi connectivity index (χ2v) is 15.6. The normalized spacial score (nSPS) is 15.9. The molecule has 4 aromatic carbocycles. The summed E-state index contributed by atoms with van der Waals surface area (Å²) in [5.74, 6) is -4.85. The average Bonchev–Trinajstić information content (AvgIpc) is 4.09. The monoisotopic (exact) mass is 838 g/mol. The van der Waals surface area contributed by atoms with Crippen molar-refractivity contribution >= 4 is 38.9 Å². The number of hydrogen-bond donors (Lipinski definition) is 8. The van der Waals surface area contributed by atoms with Crippen LogP contribution in [-0.4, -0.2) is 40.5 Å². The molecule has 314 valence electrons. The van der Waals surface area contributed by atoms with Crippen LogP contribution in [0.5, 0.6) is 0 Å². The zero-order valence-electron chi connectivity index (χ0n) is 32.2. The molecule has 18 heteroatoms. The van der Waals surface area contributed by atoms with E-state index in [1.54, 1.807) is 24.3 Å². The molecule has 3 aliphatic rings. The number of aromatic amines is 4. The molecule has 0 spiro atoms. The van der Waals surface area contributed by atoms with Crippen LogP contribution >= 0.6 is 0 Å². The van der Waals surface area contributed by atoms with Crippen molar-refractivity contribution in [1.29, 1.82) is 0 Å². The molecule has 0 bridgehead atoms. The third-order valence-corrected chi connectivity index (χ3v) is 11.8. The smallest absolute Gasteiger partial charge is 0.394 e. The van der Waals surface area contributed by atoms with Crippen LogP contribution in [-0.2, 0) is 24.0 Å². The highest BCUT2D eigenvalue weighted by Crippen LogP contribution is 2.43. The SMILES string of the molecule is Nc1c(F)cc2[nH]cc(-c3noc(=O)[nH]3)c2c1F.O=c1[nH]c(-c2c[nH]c3cc(F)c(Nc4ccc(C5(O)CCC5)cc4)c(F)c23)no1.OC1(c2ccc3c(c2)CCC3)CCC1. The van der Waals surface area contributed by atoms with E-state index in [1.165, 1.54) is 49.2 Å². The van der Waals surface area contributed by atoms with Crippen LogP contribution in [0, 0.1) is 23.3 Å². The number of benzene rings is 4. The summed E-state index contributed by atoms with van der Waals surface area (Å²) in [5, 5.41) is 30.5. The Kier molecular flexibility index (Phi) is 9.90. The van der Waals surface area contributed by atoms with Crippen molar-refractivity contribution < 1.29 is 36.8 Å². The molecule has 9 N–H and O–H groups in total. The summed E-state index contributed by atoms with van der Waals surface area (Å²) < 4.78 is 65.7. The Morgan fingerprint density at radius 3 is 1.72 bits per heavy atom. The summed E-state index contributed by atoms with van der Waals surface area (Å²) in [7, 11) is 0. The van der Waals surface area contributed by atoms with E-state index in [0.717, 1.165) is 42.5 Å². The van der Waals surface area contributed by atoms with Gasteiger partial charge in [-0.3, -0.25) is 19.0 Å². The number of rotatable bonds is 6. The number of nitrogens with two attached hydrogens (primary N) is 1. The second-order valence-electron chi connectivity index (χ2n) is 15.6. The van der Waals surface area contributed by atoms with Gasteiger partial charge in [-0.05, 0) is 92.2 Å². The lowest BCUT2D eigenvalue weighted by Crippen LogP contribution is -2.33. The number of nitrogen functional groups attached to an aromatic ring is 1. The number of aliphatic hydroxyl groups is 2. The molecule has 0 atom stereocenters. The number of anilines is 3. The Morgan fingerprint density at radius 2 is 1.18 bits per heavy atom. The lowest BCUT2D eigenvalue weighted by atomic mass is 9.74. The lowest BCUT2D eigenvalue weighted by Gasteiger charge is -2.37. The van der Waals surface area contributed by atoms with Crippen LogP contribution in [0.3, 0.4) is 0 Å². The van der Waals surface area contributed by atoms with Gasteiger partial charge in [-0.15, -0.1) is 0 Å². The number of nitrogens with one attached hydrogen (secondary N) is 5. The van der Waals surface area contributed by atoms with Crippen LogP contribution in [0.25, 0.3) is 44.6 Å². The molecule has 0 amide bonds. The zero-order valence-corrected chi connectivity index (χ0v) is 32.2. The van der Waals surface area contributed by atoms with Crippen LogP contribution in [0.1, 0.15) is 67.2 Å². The summed E-state index contributed by atoms with van der Waals surface area (Å²) in [6.07, 6.45) is 12.0. The van der Waals surface area contributed by atoms with Crippen molar-refractivity contribution in [3.05, 3.63) is 134 Å². The summed E-state index contributed by atoms with van der Waals surface area (Å²) in [5.41, 5.74) is 9.37. The fourth-order valence-corrected chi connectivity index (χ4v) is 8.10. The van der Waals surface area contributed by atoms with E-state index >= 15 is 4.39 Å². The topological polar surface area (TPSA) is 228 Å². The molecule has 4 heterocycles. The van der Waals surface area contributed by atoms with E-state index in [-0.39, 0.29) is 50.3 Å². The van der Waals surface area contributed by atoms with Gasteiger partial charge in [-0.1, -0.05) is 40.6 Å². The first-order valence-electron chi connectivity index (χ1n) is 19.6. The fourth-order valence-electron chi connectivity index (χ4n) is 8.10. The van der Waals surface area contributed by atoms with Gasteiger partial charge in [0.15, 0.2) is 34.9 Å². The minimum Gasteiger partial charge on any atom is -0.394 e. The number of hydrogen-bond acceptors (Lipinski definition) is 10. The molecule has 3 aliphatic carbocycles. The Hall–Kier alpha value is -6.92. The van der Waals surface area contributed by atoms with Crippen LogP contribution < -0.4 is 22.6 Å². The molecule has 0 aliphatic heterocycles. The van der Waals surface area contributed by atoms with Crippen LogP contribution in [0.2, 0.25) is 0 Å². The molecular formula is C43H38F4N8O6. The third-order valence-electron chi connectivity index (χ3n) is 11.8. The average molecular weight is 839 g/mol. The number of aromatic nitrogens is 6. The van der Waals surface area contributed by atoms with E-state index in [0.29, 0.717) is 18.5 Å². The molecule has 2 fully saturated rings. The summed E-state index contributed by atoms with van der Waals surface area (Å²) in [6.45, 7) is 0. The van der Waals surface area contributed by atoms with Gasteiger partial charge < -0.3 is 31.2 Å². The second kappa shape index (κ2) is 15.3. The summed E-state index contributed by atoms with van der Waals surface area (Å²) in [6, 6.07) is 15.6. The minimum atomic E-state index is -0.912. The summed E-state index contributed by atoms with van der Waals surface area (Å²) in [4.78, 5) is 32.1. The Labute approximate surface area is 341 Å². The van der Waals surface area contributed by atoms with Gasteiger partial charge in [0, 0.05) is 52.1 Å². The molecule has 14 nitrogen and oxygen atoms in total. The van der Waals surface area contributed by atoms with Gasteiger partial charge in [0.1, 0.15) is 11.4 Å². The largest absolute Gasteiger partial charge is 0.439 e. The first-order valence-corrected chi connectivity index (χ1v) is 19.6. The van der Waals surface area contributed by atoms with E-state index in [9.17, 15) is 33.0 Å². The van der Waals surface area contributed by atoms with E-state index in [4.69, 9.17) is 5.73 Å². The maximum absolute atomic E-state index is 15.2. The standard InChI is InChI=1S/C20H16F2N4O3.C13H16O.C10H6F2N4O2/c21-13-8-14-15(12(9-23-14)18-25-19(27)29-26-18)16(22)17(13)24-11-4-2-10(3-5-11)20(28)6-1-7-20;14-13(7-2-8-13)12-6-5-10-3-1-4-11(10)9-12;11-4-1-5-6(7(12)8(4)13)3(2-14-5)9-15-10(17)18-16-9/h2-5,8-9,23-24,28H,1,6-7H2,(H,25,26,27);5-6,9,14H,1-4,7-8H2;1-2,14H,13H2,(H,15,16,17). The third kappa shape index (κ3) is 7.26. The Morgan fingerprint density at radius 1 is 0.656 bits per heavy atom. The van der Waals surface area contributed by atoms with Gasteiger partial charge in [-0.25, -0.2) is 27.2 Å². The molecule has 0 saturated heterocycles. The first-order chi connectivity index (χ1) is 29.3. The number of nitrogens with zero attached hydrogens (tertiary/aromatic N) is 2. The first kappa shape index (κ1) is 39.5. The summed E-state index contributed by atoms with van der Waals surface area (Å²) >= 11 is 0. The van der Waals surface area contributed by atoms with Gasteiger partial charge >= 0.3 is 11.5 Å². The molecular weight excluding hydrogens is 801 g/mol. The maximum Gasteiger partial charge on any atom is 0.439 e. The van der Waals surface area contributed by atoms with Crippen molar-refractivity contribution in [2.24, 2.45) is 0 Å². The molecule has 4 aromatic heterocycles. The van der Waals surface area contributed by atoms with E-state index < -0.39 is 51.7 Å². The quantitative estimate of drug-likeness (QED) is 0.0598. The molecule has 0 unspecified atom stereocenters. The van der Waals surface area contributed by atoms with Crippen LogP contribution in [0.4, 0.5) is 34.6 Å². The minimum absolute atomic E-state index is 0.0378. The van der Waals surface area contributed by atoms with Gasteiger partial charge in [0.05, 0.1) is 22.2 Å². The highest BCUT2D eigenvalue weighted by Gasteiger charge is 2.37. The van der Waals surface area contributed by atoms with Gasteiger partial charge in [0.25, 0.3) is 0 Å². The highest BCUT2D eigenvalue weighted by atomic mass is 19.1. The Balaban J connectivity index is 0.000000127. The molecule has 0 radical (unpaired) electrons. The predicted octanol–water partition coefficient (Wildman–Crippen LogP) is 7.82. The Bertz CT molecular complexity index is 3050. The van der Waals surface area contributed by atoms with Gasteiger partial charge in [0.2, 0.25) is 0 Å². The van der Waals surface area contributed by atoms with Crippen molar-refractivity contribution in [2.45, 2.75) is 69.0 Å². The van der Waals surface area contributed by atoms with Crippen LogP contribution in [0.15, 0.2) is 85.6 Å². The van der Waals surface area contributed by atoms with Crippen molar-refractivity contribution in [3.63, 3.8) is 0 Å². The zero-order chi connectivity index (χ0) is 42.6.